The summed E-state index contributed by atoms with van der Waals surface area (Å²) in [5.41, 5.74) is 0.874. The highest BCUT2D eigenvalue weighted by Gasteiger charge is 2.39. The third kappa shape index (κ3) is 1.83. The molecule has 1 aromatic heterocycles. The van der Waals surface area contributed by atoms with Crippen molar-refractivity contribution >= 4 is 15.9 Å². The van der Waals surface area contributed by atoms with Gasteiger partial charge in [0.25, 0.3) is 0 Å². The first-order valence-corrected chi connectivity index (χ1v) is 6.26. The monoisotopic (exact) mass is 284 g/mol. The topological polar surface area (TPSA) is 43.4 Å². The number of nitrogens with zero attached hydrogens (tertiary/aromatic N) is 1. The minimum Gasteiger partial charge on any atom is -0.460 e. The predicted molar refractivity (Wildman–Crippen MR) is 62.2 cm³/mol. The van der Waals surface area contributed by atoms with Gasteiger partial charge < -0.3 is 14.8 Å². The van der Waals surface area contributed by atoms with Gasteiger partial charge in [0.15, 0.2) is 0 Å². The van der Waals surface area contributed by atoms with E-state index in [0.29, 0.717) is 6.61 Å². The van der Waals surface area contributed by atoms with E-state index in [1.165, 1.54) is 0 Å². The number of hydrogen-bond donors (Lipinski definition) is 1. The number of fused-ring (bicyclic) bond motifs is 1. The predicted octanol–water partition coefficient (Wildman–Crippen LogP) is 1.83. The van der Waals surface area contributed by atoms with Crippen molar-refractivity contribution in [2.24, 2.45) is 0 Å². The van der Waals surface area contributed by atoms with Crippen molar-refractivity contribution in [3.63, 3.8) is 0 Å². The highest BCUT2D eigenvalue weighted by molar-refractivity contribution is 9.10. The molecule has 16 heavy (non-hydrogen) atoms. The van der Waals surface area contributed by atoms with Crippen LogP contribution in [0.4, 0.5) is 0 Å². The average molecular weight is 285 g/mol. The van der Waals surface area contributed by atoms with Crippen LogP contribution in [0.2, 0.25) is 0 Å². The number of pyridine rings is 1. The fourth-order valence-corrected chi connectivity index (χ4v) is 2.49. The molecule has 1 aromatic rings. The lowest BCUT2D eigenvalue weighted by atomic mass is 10.0. The van der Waals surface area contributed by atoms with Crippen LogP contribution in [0.25, 0.3) is 0 Å². The average Bonchev–Trinajstić information content (AvgIpc) is 2.31. The minimum atomic E-state index is -0.423. The number of nitrogens with one attached hydrogen (secondary N) is 1. The van der Waals surface area contributed by atoms with Crippen molar-refractivity contribution < 1.29 is 9.47 Å². The molecule has 2 aliphatic heterocycles. The van der Waals surface area contributed by atoms with Crippen molar-refractivity contribution in [3.8, 4) is 5.75 Å². The van der Waals surface area contributed by atoms with Gasteiger partial charge in [-0.15, -0.1) is 0 Å². The molecule has 1 spiro atoms. The SMILES string of the molecule is Brc1ccc2c(n1)COC1(CCNCC1)O2. The molecule has 3 heterocycles. The highest BCUT2D eigenvalue weighted by Crippen LogP contribution is 2.35. The first-order valence-electron chi connectivity index (χ1n) is 5.47. The highest BCUT2D eigenvalue weighted by atomic mass is 79.9. The van der Waals surface area contributed by atoms with E-state index in [0.717, 1.165) is 42.0 Å². The zero-order valence-electron chi connectivity index (χ0n) is 8.83. The molecule has 1 saturated heterocycles. The minimum absolute atomic E-state index is 0.423. The van der Waals surface area contributed by atoms with Gasteiger partial charge in [-0.25, -0.2) is 4.98 Å². The van der Waals surface area contributed by atoms with E-state index in [1.807, 2.05) is 12.1 Å². The first-order chi connectivity index (χ1) is 7.77. The van der Waals surface area contributed by atoms with E-state index in [-0.39, 0.29) is 0 Å². The molecule has 0 atom stereocenters. The molecule has 4 nitrogen and oxygen atoms in total. The normalized spacial score (nSPS) is 22.6. The number of rotatable bonds is 0. The summed E-state index contributed by atoms with van der Waals surface area (Å²) < 4.78 is 12.6. The second-order valence-electron chi connectivity index (χ2n) is 4.13. The van der Waals surface area contributed by atoms with Crippen molar-refractivity contribution in [2.75, 3.05) is 13.1 Å². The molecule has 3 rings (SSSR count). The Balaban J connectivity index is 1.88. The second kappa shape index (κ2) is 3.98. The summed E-state index contributed by atoms with van der Waals surface area (Å²) in [5.74, 6) is 0.435. The zero-order chi connectivity index (χ0) is 11.0. The van der Waals surface area contributed by atoms with Crippen LogP contribution < -0.4 is 10.1 Å². The van der Waals surface area contributed by atoms with Crippen molar-refractivity contribution in [1.82, 2.24) is 10.3 Å². The molecule has 0 amide bonds. The summed E-state index contributed by atoms with van der Waals surface area (Å²) in [6.45, 7) is 2.42. The Morgan fingerprint density at radius 3 is 2.94 bits per heavy atom. The van der Waals surface area contributed by atoms with E-state index < -0.39 is 5.79 Å². The number of halogens is 1. The molecule has 0 bridgehead atoms. The first kappa shape index (κ1) is 10.5. The van der Waals surface area contributed by atoms with Crippen molar-refractivity contribution in [3.05, 3.63) is 22.4 Å². The standard InChI is InChI=1S/C11H13BrN2O2/c12-10-2-1-9-8(14-10)7-15-11(16-9)3-5-13-6-4-11/h1-2,13H,3-7H2. The van der Waals surface area contributed by atoms with E-state index in [2.05, 4.69) is 26.2 Å². The maximum absolute atomic E-state index is 5.97. The maximum atomic E-state index is 5.97. The lowest BCUT2D eigenvalue weighted by Gasteiger charge is -2.40. The van der Waals surface area contributed by atoms with Gasteiger partial charge in [0, 0.05) is 25.9 Å². The van der Waals surface area contributed by atoms with Gasteiger partial charge >= 0.3 is 0 Å². The van der Waals surface area contributed by atoms with Gasteiger partial charge in [-0.2, -0.15) is 0 Å². The second-order valence-corrected chi connectivity index (χ2v) is 4.94. The molecule has 0 aliphatic carbocycles. The smallest absolute Gasteiger partial charge is 0.213 e. The summed E-state index contributed by atoms with van der Waals surface area (Å²) in [6, 6.07) is 3.86. The van der Waals surface area contributed by atoms with E-state index >= 15 is 0 Å². The quantitative estimate of drug-likeness (QED) is 0.739. The molecule has 1 fully saturated rings. The van der Waals surface area contributed by atoms with Crippen LogP contribution in [-0.4, -0.2) is 23.9 Å². The summed E-state index contributed by atoms with van der Waals surface area (Å²) in [5, 5.41) is 3.31. The Morgan fingerprint density at radius 1 is 1.31 bits per heavy atom. The Kier molecular flexibility index (Phi) is 2.61. The Morgan fingerprint density at radius 2 is 2.12 bits per heavy atom. The molecular formula is C11H13BrN2O2. The molecular weight excluding hydrogens is 272 g/mol. The maximum Gasteiger partial charge on any atom is 0.213 e. The molecule has 0 radical (unpaired) electrons. The lowest BCUT2D eigenvalue weighted by molar-refractivity contribution is -0.219. The third-order valence-corrected chi connectivity index (χ3v) is 3.47. The van der Waals surface area contributed by atoms with Gasteiger partial charge in [0.1, 0.15) is 16.0 Å². The van der Waals surface area contributed by atoms with Gasteiger partial charge in [-0.1, -0.05) is 0 Å². The van der Waals surface area contributed by atoms with Crippen LogP contribution in [0.3, 0.4) is 0 Å². The van der Waals surface area contributed by atoms with Gasteiger partial charge in [0.05, 0.1) is 6.61 Å². The Hall–Kier alpha value is -0.650. The molecule has 5 heteroatoms. The molecule has 2 aliphatic rings. The number of aromatic nitrogens is 1. The molecule has 1 N–H and O–H groups in total. The van der Waals surface area contributed by atoms with Gasteiger partial charge in [-0.3, -0.25) is 0 Å². The Bertz CT molecular complexity index is 405. The van der Waals surface area contributed by atoms with Gasteiger partial charge in [0.2, 0.25) is 5.79 Å². The summed E-state index contributed by atoms with van der Waals surface area (Å²) >= 11 is 3.35. The molecule has 0 aromatic carbocycles. The molecule has 0 unspecified atom stereocenters. The zero-order valence-corrected chi connectivity index (χ0v) is 10.4. The van der Waals surface area contributed by atoms with Crippen LogP contribution in [0.15, 0.2) is 16.7 Å². The summed E-state index contributed by atoms with van der Waals surface area (Å²) in [4.78, 5) is 4.34. The van der Waals surface area contributed by atoms with Crippen LogP contribution >= 0.6 is 15.9 Å². The molecule has 0 saturated carbocycles. The van der Waals surface area contributed by atoms with Crippen LogP contribution in [-0.2, 0) is 11.3 Å². The number of ether oxygens (including phenoxy) is 2. The third-order valence-electron chi connectivity index (χ3n) is 3.03. The van der Waals surface area contributed by atoms with E-state index in [4.69, 9.17) is 9.47 Å². The largest absolute Gasteiger partial charge is 0.460 e. The summed E-state index contributed by atoms with van der Waals surface area (Å²) in [7, 11) is 0. The Labute approximate surface area is 102 Å². The van der Waals surface area contributed by atoms with Crippen molar-refractivity contribution in [1.29, 1.82) is 0 Å². The van der Waals surface area contributed by atoms with Gasteiger partial charge in [-0.05, 0) is 28.1 Å². The van der Waals surface area contributed by atoms with Crippen molar-refractivity contribution in [2.45, 2.75) is 25.2 Å². The van der Waals surface area contributed by atoms with E-state index in [1.54, 1.807) is 0 Å². The fraction of sp³-hybridized carbons (Fsp3) is 0.545. The lowest BCUT2D eigenvalue weighted by Crippen LogP contribution is -2.50. The van der Waals surface area contributed by atoms with Crippen LogP contribution in [0, 0.1) is 0 Å². The summed E-state index contributed by atoms with van der Waals surface area (Å²) in [6.07, 6.45) is 1.78. The van der Waals surface area contributed by atoms with E-state index in [9.17, 15) is 0 Å². The van der Waals surface area contributed by atoms with Crippen LogP contribution in [0.5, 0.6) is 5.75 Å². The fourth-order valence-electron chi connectivity index (χ4n) is 2.14. The van der Waals surface area contributed by atoms with Crippen LogP contribution in [0.1, 0.15) is 18.5 Å². The number of hydrogen-bond acceptors (Lipinski definition) is 4. The number of piperidine rings is 1. The molecule has 86 valence electrons.